The summed E-state index contributed by atoms with van der Waals surface area (Å²) in [6, 6.07) is 0. The van der Waals surface area contributed by atoms with Gasteiger partial charge in [-0.2, -0.15) is 0 Å². The summed E-state index contributed by atoms with van der Waals surface area (Å²) in [5, 5.41) is 21.1. The molecule has 5 fully saturated rings. The number of fused-ring (bicyclic) bond motifs is 5. The summed E-state index contributed by atoms with van der Waals surface area (Å²) in [5.74, 6) is 5.77. The van der Waals surface area contributed by atoms with Crippen LogP contribution in [0.3, 0.4) is 0 Å². The molecule has 10 atom stereocenters. The highest BCUT2D eigenvalue weighted by Gasteiger charge is 2.61. The Labute approximate surface area is 185 Å². The van der Waals surface area contributed by atoms with Crippen molar-refractivity contribution in [1.29, 1.82) is 0 Å². The van der Waals surface area contributed by atoms with Crippen LogP contribution in [0.4, 0.5) is 0 Å². The molecule has 5 aliphatic rings. The van der Waals surface area contributed by atoms with Crippen molar-refractivity contribution in [2.75, 3.05) is 0 Å². The number of aliphatic hydroxyl groups excluding tert-OH is 1. The van der Waals surface area contributed by atoms with E-state index in [2.05, 4.69) is 27.7 Å². The predicted molar refractivity (Wildman–Crippen MR) is 123 cm³/mol. The average Bonchev–Trinajstić information content (AvgIpc) is 3.48. The number of rotatable bonds is 5. The second-order valence-corrected chi connectivity index (χ2v) is 13.5. The van der Waals surface area contributed by atoms with E-state index >= 15 is 0 Å². The van der Waals surface area contributed by atoms with E-state index < -0.39 is 5.60 Å². The van der Waals surface area contributed by atoms with Crippen molar-refractivity contribution < 1.29 is 10.2 Å². The maximum Gasteiger partial charge on any atom is 0.0622 e. The van der Waals surface area contributed by atoms with Gasteiger partial charge in [0.15, 0.2) is 0 Å². The first-order valence-corrected chi connectivity index (χ1v) is 13.5. The summed E-state index contributed by atoms with van der Waals surface area (Å²) in [6.45, 7) is 9.87. The third-order valence-corrected chi connectivity index (χ3v) is 11.8. The highest BCUT2D eigenvalue weighted by Crippen LogP contribution is 2.68. The topological polar surface area (TPSA) is 40.5 Å². The molecule has 0 radical (unpaired) electrons. The van der Waals surface area contributed by atoms with Crippen molar-refractivity contribution in [3.05, 3.63) is 0 Å². The maximum atomic E-state index is 10.7. The minimum absolute atomic E-state index is 0.0214. The summed E-state index contributed by atoms with van der Waals surface area (Å²) in [4.78, 5) is 0. The molecule has 0 aliphatic heterocycles. The lowest BCUT2D eigenvalue weighted by atomic mass is 9.43. The Morgan fingerprint density at radius 1 is 0.800 bits per heavy atom. The standard InChI is InChI=1S/C28H48O2/c1-18(5-12-25(29)19-6-7-19)22-10-11-23-21-9-8-20-17-26(2,30)15-16-27(20,3)24(21)13-14-28(22,23)4/h18-25,29-30H,5-17H2,1-4H3/t18-,20+,21+,22-,23+,24+,25-,26+,27+,28-/m1/s1. The minimum atomic E-state index is -0.418. The van der Waals surface area contributed by atoms with Crippen molar-refractivity contribution >= 4 is 0 Å². The molecule has 0 unspecified atom stereocenters. The summed E-state index contributed by atoms with van der Waals surface area (Å²) in [7, 11) is 0. The highest BCUT2D eigenvalue weighted by atomic mass is 16.3. The van der Waals surface area contributed by atoms with Crippen molar-refractivity contribution in [2.45, 2.75) is 123 Å². The summed E-state index contributed by atoms with van der Waals surface area (Å²) in [6.07, 6.45) is 16.6. The smallest absolute Gasteiger partial charge is 0.0622 e. The molecule has 2 N–H and O–H groups in total. The van der Waals surface area contributed by atoms with Gasteiger partial charge in [0.25, 0.3) is 0 Å². The van der Waals surface area contributed by atoms with Crippen LogP contribution in [0, 0.1) is 52.3 Å². The summed E-state index contributed by atoms with van der Waals surface area (Å²) in [5.41, 5.74) is 0.595. The SMILES string of the molecule is C[C@H](CC[C@@H](O)C1CC1)[C@H]1CC[C@H]2[C@@H]3CC[C@H]4C[C@@](C)(O)CC[C@]4(C)[C@H]3CC[C@]12C. The van der Waals surface area contributed by atoms with Crippen LogP contribution in [-0.2, 0) is 0 Å². The molecule has 0 spiro atoms. The average molecular weight is 417 g/mol. The van der Waals surface area contributed by atoms with Gasteiger partial charge in [-0.05, 0) is 143 Å². The monoisotopic (exact) mass is 416 g/mol. The molecule has 2 nitrogen and oxygen atoms in total. The normalized spacial score (nSPS) is 52.8. The Morgan fingerprint density at radius 2 is 1.53 bits per heavy atom. The molecular weight excluding hydrogens is 368 g/mol. The summed E-state index contributed by atoms with van der Waals surface area (Å²) >= 11 is 0. The number of hydrogen-bond donors (Lipinski definition) is 2. The fraction of sp³-hybridized carbons (Fsp3) is 1.00. The number of aliphatic hydroxyl groups is 2. The van der Waals surface area contributed by atoms with E-state index in [4.69, 9.17) is 0 Å². The zero-order valence-electron chi connectivity index (χ0n) is 20.2. The van der Waals surface area contributed by atoms with Crippen LogP contribution < -0.4 is 0 Å². The quantitative estimate of drug-likeness (QED) is 0.531. The van der Waals surface area contributed by atoms with Crippen molar-refractivity contribution in [3.8, 4) is 0 Å². The first-order chi connectivity index (χ1) is 14.1. The third kappa shape index (κ3) is 3.51. The van der Waals surface area contributed by atoms with Crippen molar-refractivity contribution in [2.24, 2.45) is 52.3 Å². The van der Waals surface area contributed by atoms with Gasteiger partial charge < -0.3 is 10.2 Å². The molecular formula is C28H48O2. The zero-order valence-corrected chi connectivity index (χ0v) is 20.2. The van der Waals surface area contributed by atoms with Crippen LogP contribution in [-0.4, -0.2) is 21.9 Å². The van der Waals surface area contributed by atoms with Crippen molar-refractivity contribution in [1.82, 2.24) is 0 Å². The molecule has 0 aromatic heterocycles. The lowest BCUT2D eigenvalue weighted by molar-refractivity contribution is -0.148. The molecule has 5 rings (SSSR count). The molecule has 172 valence electrons. The van der Waals surface area contributed by atoms with Gasteiger partial charge >= 0.3 is 0 Å². The largest absolute Gasteiger partial charge is 0.393 e. The second-order valence-electron chi connectivity index (χ2n) is 13.5. The van der Waals surface area contributed by atoms with Gasteiger partial charge in [0.1, 0.15) is 0 Å². The first-order valence-electron chi connectivity index (χ1n) is 13.5. The van der Waals surface area contributed by atoms with Gasteiger partial charge in [-0.3, -0.25) is 0 Å². The number of hydrogen-bond acceptors (Lipinski definition) is 2. The van der Waals surface area contributed by atoms with E-state index in [0.717, 1.165) is 54.8 Å². The fourth-order valence-electron chi connectivity index (χ4n) is 9.76. The Hall–Kier alpha value is -0.0800. The maximum absolute atomic E-state index is 10.7. The van der Waals surface area contributed by atoms with E-state index in [9.17, 15) is 10.2 Å². The molecule has 30 heavy (non-hydrogen) atoms. The highest BCUT2D eigenvalue weighted by molar-refractivity contribution is 5.10. The summed E-state index contributed by atoms with van der Waals surface area (Å²) < 4.78 is 0. The Bertz CT molecular complexity index is 639. The van der Waals surface area contributed by atoms with Crippen LogP contribution in [0.1, 0.15) is 111 Å². The van der Waals surface area contributed by atoms with Crippen LogP contribution in [0.25, 0.3) is 0 Å². The van der Waals surface area contributed by atoms with Gasteiger partial charge in [-0.15, -0.1) is 0 Å². The molecule has 0 amide bonds. The lowest BCUT2D eigenvalue weighted by Gasteiger charge is -2.62. The Balaban J connectivity index is 1.28. The van der Waals surface area contributed by atoms with E-state index in [1.54, 1.807) is 0 Å². The molecule has 2 heteroatoms. The lowest BCUT2D eigenvalue weighted by Crippen LogP contribution is -2.55. The minimum Gasteiger partial charge on any atom is -0.393 e. The molecule has 0 saturated heterocycles. The van der Waals surface area contributed by atoms with Crippen LogP contribution >= 0.6 is 0 Å². The zero-order chi connectivity index (χ0) is 21.3. The van der Waals surface area contributed by atoms with Crippen LogP contribution in [0.5, 0.6) is 0 Å². The molecule has 5 saturated carbocycles. The fourth-order valence-corrected chi connectivity index (χ4v) is 9.76. The second kappa shape index (κ2) is 7.47. The van der Waals surface area contributed by atoms with E-state index in [1.807, 2.05) is 0 Å². The Morgan fingerprint density at radius 3 is 2.27 bits per heavy atom. The molecule has 0 heterocycles. The van der Waals surface area contributed by atoms with Gasteiger partial charge in [0.2, 0.25) is 0 Å². The van der Waals surface area contributed by atoms with Crippen LogP contribution in [0.2, 0.25) is 0 Å². The van der Waals surface area contributed by atoms with Gasteiger partial charge in [0.05, 0.1) is 11.7 Å². The molecule has 0 aromatic carbocycles. The van der Waals surface area contributed by atoms with Gasteiger partial charge in [-0.25, -0.2) is 0 Å². The van der Waals surface area contributed by atoms with E-state index in [1.165, 1.54) is 64.2 Å². The van der Waals surface area contributed by atoms with Gasteiger partial charge in [-0.1, -0.05) is 20.8 Å². The molecule has 5 aliphatic carbocycles. The third-order valence-electron chi connectivity index (χ3n) is 11.8. The van der Waals surface area contributed by atoms with Crippen LogP contribution in [0.15, 0.2) is 0 Å². The first kappa shape index (κ1) is 21.7. The van der Waals surface area contributed by atoms with E-state index in [0.29, 0.717) is 16.7 Å². The van der Waals surface area contributed by atoms with Crippen molar-refractivity contribution in [3.63, 3.8) is 0 Å². The molecule has 0 bridgehead atoms. The van der Waals surface area contributed by atoms with Gasteiger partial charge in [0, 0.05) is 0 Å². The predicted octanol–water partition coefficient (Wildman–Crippen LogP) is 6.58. The Kier molecular flexibility index (Phi) is 5.42. The molecule has 0 aromatic rings. The van der Waals surface area contributed by atoms with E-state index in [-0.39, 0.29) is 6.10 Å².